The highest BCUT2D eigenvalue weighted by atomic mass is 35.5. The number of carbonyl (C=O) groups is 1. The molecular weight excluding hydrogens is 454 g/mol. The third kappa shape index (κ3) is 3.43. The Kier molecular flexibility index (Phi) is 5.16. The van der Waals surface area contributed by atoms with E-state index < -0.39 is 5.41 Å². The number of fused-ring (bicyclic) bond motifs is 2. The number of aromatic hydroxyl groups is 1. The van der Waals surface area contributed by atoms with Crippen LogP contribution in [0.5, 0.6) is 5.75 Å². The summed E-state index contributed by atoms with van der Waals surface area (Å²) in [5.74, 6) is 0.864. The normalized spacial score (nSPS) is 17.4. The van der Waals surface area contributed by atoms with Crippen molar-refractivity contribution >= 4 is 34.8 Å². The number of aryl methyl sites for hydroxylation is 1. The van der Waals surface area contributed by atoms with Gasteiger partial charge in [0.1, 0.15) is 28.5 Å². The summed E-state index contributed by atoms with van der Waals surface area (Å²) in [5, 5.41) is 13.1. The van der Waals surface area contributed by atoms with Gasteiger partial charge in [0.2, 0.25) is 5.91 Å². The van der Waals surface area contributed by atoms with Gasteiger partial charge in [0.05, 0.1) is 16.3 Å². The molecule has 9 nitrogen and oxygen atoms in total. The Morgan fingerprint density at radius 1 is 1.26 bits per heavy atom. The van der Waals surface area contributed by atoms with Crippen molar-refractivity contribution < 1.29 is 9.90 Å². The number of anilines is 2. The van der Waals surface area contributed by atoms with Crippen LogP contribution in [0.2, 0.25) is 5.02 Å². The lowest BCUT2D eigenvalue weighted by Gasteiger charge is -2.23. The van der Waals surface area contributed by atoms with Gasteiger partial charge < -0.3 is 20.6 Å². The summed E-state index contributed by atoms with van der Waals surface area (Å²) in [6.07, 6.45) is 7.11. The highest BCUT2D eigenvalue weighted by molar-refractivity contribution is 6.32. The standard InChI is InChI=1S/C24H24ClN7O2/c1-12(2)4-7-15-22-27-8-9-32(22)11-16(28-15)20-29-19(26)18-21(30-20)31-23(34)24(18,3)13-5-6-14(25)17(33)10-13/h5-6,8-12,33H,4,7H2,1-3H3,(H3,26,29,30,31,34). The molecule has 1 aromatic carbocycles. The molecule has 0 bridgehead atoms. The number of rotatable bonds is 5. The minimum atomic E-state index is -1.19. The molecule has 10 heteroatoms. The van der Waals surface area contributed by atoms with E-state index in [-0.39, 0.29) is 22.5 Å². The molecule has 0 radical (unpaired) electrons. The molecule has 0 aliphatic carbocycles. The van der Waals surface area contributed by atoms with Crippen LogP contribution in [0.25, 0.3) is 17.2 Å². The monoisotopic (exact) mass is 477 g/mol. The molecule has 1 aliphatic heterocycles. The summed E-state index contributed by atoms with van der Waals surface area (Å²) in [6, 6.07) is 4.68. The Morgan fingerprint density at radius 3 is 2.79 bits per heavy atom. The van der Waals surface area contributed by atoms with Gasteiger partial charge in [-0.25, -0.2) is 19.9 Å². The quantitative estimate of drug-likeness (QED) is 0.396. The first kappa shape index (κ1) is 22.1. The summed E-state index contributed by atoms with van der Waals surface area (Å²) in [5.41, 5.74) is 8.37. The van der Waals surface area contributed by atoms with Crippen LogP contribution in [-0.4, -0.2) is 35.4 Å². The van der Waals surface area contributed by atoms with Gasteiger partial charge >= 0.3 is 0 Å². The number of nitrogens with zero attached hydrogens (tertiary/aromatic N) is 5. The van der Waals surface area contributed by atoms with Crippen LogP contribution in [0.4, 0.5) is 11.6 Å². The molecule has 1 atom stereocenters. The molecule has 1 unspecified atom stereocenters. The summed E-state index contributed by atoms with van der Waals surface area (Å²) in [4.78, 5) is 31.5. The maximum atomic E-state index is 13.1. The van der Waals surface area contributed by atoms with Crippen LogP contribution in [-0.2, 0) is 16.6 Å². The van der Waals surface area contributed by atoms with Crippen molar-refractivity contribution in [2.24, 2.45) is 5.92 Å². The summed E-state index contributed by atoms with van der Waals surface area (Å²) >= 11 is 5.96. The summed E-state index contributed by atoms with van der Waals surface area (Å²) < 4.78 is 1.89. The summed E-state index contributed by atoms with van der Waals surface area (Å²) in [6.45, 7) is 6.05. The van der Waals surface area contributed by atoms with Gasteiger partial charge in [-0.05, 0) is 43.4 Å². The molecule has 0 saturated carbocycles. The Morgan fingerprint density at radius 2 is 2.06 bits per heavy atom. The topological polar surface area (TPSA) is 131 Å². The fraction of sp³-hybridized carbons (Fsp3) is 0.292. The smallest absolute Gasteiger partial charge is 0.240 e. The molecule has 5 rings (SSSR count). The largest absolute Gasteiger partial charge is 0.506 e. The number of nitrogens with two attached hydrogens (primary N) is 1. The van der Waals surface area contributed by atoms with Gasteiger partial charge in [-0.1, -0.05) is 31.5 Å². The highest BCUT2D eigenvalue weighted by Gasteiger charge is 2.47. The van der Waals surface area contributed by atoms with Crippen LogP contribution in [0, 0.1) is 5.92 Å². The fourth-order valence-corrected chi connectivity index (χ4v) is 4.44. The van der Waals surface area contributed by atoms with Gasteiger partial charge in [0, 0.05) is 18.6 Å². The number of hydrogen-bond donors (Lipinski definition) is 3. The molecule has 4 heterocycles. The molecular formula is C24H24ClN7O2. The van der Waals surface area contributed by atoms with Gasteiger partial charge in [-0.3, -0.25) is 4.79 Å². The zero-order valence-electron chi connectivity index (χ0n) is 19.0. The number of carbonyl (C=O) groups excluding carboxylic acids is 1. The number of phenolic OH excluding ortho intramolecular Hbond substituents is 1. The van der Waals surface area contributed by atoms with E-state index in [2.05, 4.69) is 34.1 Å². The number of nitrogens with one attached hydrogen (secondary N) is 1. The molecule has 0 spiro atoms. The summed E-state index contributed by atoms with van der Waals surface area (Å²) in [7, 11) is 0. The minimum Gasteiger partial charge on any atom is -0.506 e. The average molecular weight is 478 g/mol. The number of benzene rings is 1. The molecule has 0 saturated heterocycles. The third-order valence-corrected chi connectivity index (χ3v) is 6.60. The van der Waals surface area contributed by atoms with E-state index in [1.807, 2.05) is 10.6 Å². The van der Waals surface area contributed by atoms with E-state index >= 15 is 0 Å². The van der Waals surface area contributed by atoms with Crippen molar-refractivity contribution in [3.8, 4) is 17.3 Å². The van der Waals surface area contributed by atoms with Crippen molar-refractivity contribution in [2.45, 2.75) is 39.0 Å². The first-order valence-corrected chi connectivity index (χ1v) is 11.4. The van der Waals surface area contributed by atoms with Crippen molar-refractivity contribution in [1.82, 2.24) is 24.3 Å². The molecule has 4 N–H and O–H groups in total. The first-order valence-electron chi connectivity index (χ1n) is 11.0. The number of nitrogen functional groups attached to an aromatic ring is 1. The van der Waals surface area contributed by atoms with Gasteiger partial charge in [-0.15, -0.1) is 0 Å². The number of hydrogen-bond acceptors (Lipinski definition) is 7. The van der Waals surface area contributed by atoms with Gasteiger partial charge in [0.25, 0.3) is 0 Å². The first-order chi connectivity index (χ1) is 16.2. The van der Waals surface area contributed by atoms with E-state index in [1.54, 1.807) is 25.4 Å². The fourth-order valence-electron chi connectivity index (χ4n) is 4.32. The molecule has 1 aliphatic rings. The van der Waals surface area contributed by atoms with Crippen molar-refractivity contribution in [3.05, 3.63) is 58.6 Å². The zero-order valence-corrected chi connectivity index (χ0v) is 19.8. The Bertz CT molecular complexity index is 1450. The number of phenols is 1. The predicted molar refractivity (Wildman–Crippen MR) is 130 cm³/mol. The lowest BCUT2D eigenvalue weighted by atomic mass is 9.77. The van der Waals surface area contributed by atoms with Crippen molar-refractivity contribution in [1.29, 1.82) is 0 Å². The van der Waals surface area contributed by atoms with Crippen molar-refractivity contribution in [3.63, 3.8) is 0 Å². The zero-order chi connectivity index (χ0) is 24.2. The Labute approximate surface area is 201 Å². The van der Waals surface area contributed by atoms with E-state index in [9.17, 15) is 9.90 Å². The van der Waals surface area contributed by atoms with E-state index in [1.165, 1.54) is 12.1 Å². The maximum absolute atomic E-state index is 13.1. The third-order valence-electron chi connectivity index (χ3n) is 6.28. The van der Waals surface area contributed by atoms with E-state index in [0.717, 1.165) is 24.2 Å². The number of imidazole rings is 1. The van der Waals surface area contributed by atoms with Crippen molar-refractivity contribution in [2.75, 3.05) is 11.1 Å². The van der Waals surface area contributed by atoms with Crippen LogP contribution in [0.1, 0.15) is 44.0 Å². The molecule has 4 aromatic rings. The van der Waals surface area contributed by atoms with Crippen LogP contribution < -0.4 is 11.1 Å². The number of halogens is 1. The van der Waals surface area contributed by atoms with Crippen LogP contribution in [0.3, 0.4) is 0 Å². The second-order valence-corrected chi connectivity index (χ2v) is 9.47. The maximum Gasteiger partial charge on any atom is 0.240 e. The lowest BCUT2D eigenvalue weighted by molar-refractivity contribution is -0.119. The molecule has 174 valence electrons. The predicted octanol–water partition coefficient (Wildman–Crippen LogP) is 3.97. The second-order valence-electron chi connectivity index (χ2n) is 9.06. The van der Waals surface area contributed by atoms with Gasteiger partial charge in [0.15, 0.2) is 11.5 Å². The second kappa shape index (κ2) is 7.95. The molecule has 34 heavy (non-hydrogen) atoms. The Balaban J connectivity index is 1.62. The average Bonchev–Trinajstić information content (AvgIpc) is 3.36. The van der Waals surface area contributed by atoms with E-state index in [4.69, 9.17) is 22.3 Å². The SMILES string of the molecule is CC(C)CCc1nc(-c2nc(N)c3c(n2)NC(=O)C3(C)c2ccc(Cl)c(O)c2)cn2ccnc12. The highest BCUT2D eigenvalue weighted by Crippen LogP contribution is 2.46. The van der Waals surface area contributed by atoms with E-state index in [0.29, 0.717) is 34.4 Å². The minimum absolute atomic E-state index is 0.121. The van der Waals surface area contributed by atoms with Gasteiger partial charge in [-0.2, -0.15) is 0 Å². The molecule has 3 aromatic heterocycles. The van der Waals surface area contributed by atoms with Crippen LogP contribution >= 0.6 is 11.6 Å². The number of amides is 1. The molecule has 0 fully saturated rings. The Hall–Kier alpha value is -3.72. The van der Waals surface area contributed by atoms with Crippen LogP contribution in [0.15, 0.2) is 36.8 Å². The number of aromatic nitrogens is 5. The molecule has 1 amide bonds. The lowest BCUT2D eigenvalue weighted by Crippen LogP contribution is -2.32.